The topological polar surface area (TPSA) is 65.1 Å². The Morgan fingerprint density at radius 2 is 1.30 bits per heavy atom. The summed E-state index contributed by atoms with van der Waals surface area (Å²) in [6, 6.07) is 0. The molecule has 6 nitrogen and oxygen atoms in total. The number of esters is 2. The summed E-state index contributed by atoms with van der Waals surface area (Å²) in [6.07, 6.45) is 9.51. The first-order valence-corrected chi connectivity index (χ1v) is 12.2. The van der Waals surface area contributed by atoms with Crippen LogP contribution in [0.2, 0.25) is 0 Å². The molecular formula is C24H45NO5. The summed E-state index contributed by atoms with van der Waals surface area (Å²) in [6.45, 7) is 11.8. The van der Waals surface area contributed by atoms with Crippen LogP contribution in [0.1, 0.15) is 85.0 Å². The Hall–Kier alpha value is -1.14. The fraction of sp³-hybridized carbons (Fsp3) is 0.917. The minimum absolute atomic E-state index is 0.0886. The number of carbonyl (C=O) groups excluding carboxylic acids is 2. The molecule has 1 heterocycles. The van der Waals surface area contributed by atoms with E-state index in [1.165, 1.54) is 6.42 Å². The van der Waals surface area contributed by atoms with E-state index in [1.807, 2.05) is 13.8 Å². The predicted molar refractivity (Wildman–Crippen MR) is 119 cm³/mol. The van der Waals surface area contributed by atoms with E-state index >= 15 is 0 Å². The quantitative estimate of drug-likeness (QED) is 0.235. The Morgan fingerprint density at radius 1 is 0.767 bits per heavy atom. The summed E-state index contributed by atoms with van der Waals surface area (Å²) in [5.41, 5.74) is 0. The Morgan fingerprint density at radius 3 is 1.80 bits per heavy atom. The molecule has 2 atom stereocenters. The van der Waals surface area contributed by atoms with E-state index < -0.39 is 0 Å². The molecule has 0 amide bonds. The van der Waals surface area contributed by atoms with E-state index in [0.717, 1.165) is 77.8 Å². The molecule has 1 fully saturated rings. The van der Waals surface area contributed by atoms with Crippen molar-refractivity contribution < 1.29 is 23.8 Å². The summed E-state index contributed by atoms with van der Waals surface area (Å²) < 4.78 is 15.8. The average Bonchev–Trinajstić information content (AvgIpc) is 3.09. The number of ether oxygens (including phenoxy) is 3. The third kappa shape index (κ3) is 12.5. The Kier molecular flexibility index (Phi) is 15.7. The lowest BCUT2D eigenvalue weighted by Crippen LogP contribution is -2.22. The molecule has 0 aromatic carbocycles. The second-order valence-electron chi connectivity index (χ2n) is 8.35. The van der Waals surface area contributed by atoms with Gasteiger partial charge in [0.25, 0.3) is 0 Å². The van der Waals surface area contributed by atoms with E-state index in [0.29, 0.717) is 37.9 Å². The van der Waals surface area contributed by atoms with Crippen molar-refractivity contribution in [3.05, 3.63) is 0 Å². The molecule has 0 N–H and O–H groups in total. The van der Waals surface area contributed by atoms with Crippen molar-refractivity contribution in [1.82, 2.24) is 4.90 Å². The maximum absolute atomic E-state index is 11.6. The number of hydrogen-bond donors (Lipinski definition) is 0. The molecule has 0 saturated carbocycles. The van der Waals surface area contributed by atoms with Crippen molar-refractivity contribution in [1.29, 1.82) is 0 Å². The zero-order valence-corrected chi connectivity index (χ0v) is 19.7. The van der Waals surface area contributed by atoms with Gasteiger partial charge in [0, 0.05) is 39.1 Å². The number of rotatable bonds is 18. The van der Waals surface area contributed by atoms with Crippen LogP contribution in [0, 0.1) is 11.8 Å². The maximum atomic E-state index is 11.6. The minimum Gasteiger partial charge on any atom is -0.466 e. The van der Waals surface area contributed by atoms with Gasteiger partial charge in [-0.15, -0.1) is 0 Å². The maximum Gasteiger partial charge on any atom is 0.305 e. The highest BCUT2D eigenvalue weighted by Crippen LogP contribution is 2.32. The first-order chi connectivity index (χ1) is 14.6. The smallest absolute Gasteiger partial charge is 0.305 e. The fourth-order valence-electron chi connectivity index (χ4n) is 4.24. The van der Waals surface area contributed by atoms with Gasteiger partial charge in [-0.1, -0.05) is 13.3 Å². The number of hydrogen-bond acceptors (Lipinski definition) is 6. The van der Waals surface area contributed by atoms with Crippen LogP contribution in [0.3, 0.4) is 0 Å². The first kappa shape index (κ1) is 26.9. The molecular weight excluding hydrogens is 382 g/mol. The van der Waals surface area contributed by atoms with Crippen molar-refractivity contribution in [3.63, 3.8) is 0 Å². The molecule has 6 heteroatoms. The van der Waals surface area contributed by atoms with Gasteiger partial charge >= 0.3 is 11.9 Å². The lowest BCUT2D eigenvalue weighted by atomic mass is 9.87. The monoisotopic (exact) mass is 427 g/mol. The van der Waals surface area contributed by atoms with Gasteiger partial charge in [-0.3, -0.25) is 9.59 Å². The van der Waals surface area contributed by atoms with Gasteiger partial charge < -0.3 is 19.1 Å². The first-order valence-electron chi connectivity index (χ1n) is 12.2. The third-order valence-electron chi connectivity index (χ3n) is 5.83. The summed E-state index contributed by atoms with van der Waals surface area (Å²) in [7, 11) is 0. The van der Waals surface area contributed by atoms with E-state index in [9.17, 15) is 9.59 Å². The van der Waals surface area contributed by atoms with Gasteiger partial charge in [-0.2, -0.15) is 0 Å². The van der Waals surface area contributed by atoms with Crippen LogP contribution in [0.25, 0.3) is 0 Å². The van der Waals surface area contributed by atoms with Crippen molar-refractivity contribution >= 4 is 11.9 Å². The van der Waals surface area contributed by atoms with E-state index in [-0.39, 0.29) is 11.9 Å². The molecule has 1 rings (SSSR count). The molecule has 30 heavy (non-hydrogen) atoms. The van der Waals surface area contributed by atoms with Crippen molar-refractivity contribution in [2.24, 2.45) is 11.8 Å². The minimum atomic E-state index is -0.0886. The standard InChI is InChI=1S/C24H45NO5/c1-4-7-17-28-18-9-8-16-25-19-21(12-10-14-23(26)29-5-2)22(20-25)13-11-15-24(27)30-6-3/h21-22H,4-20H2,1-3H3. The highest BCUT2D eigenvalue weighted by atomic mass is 16.5. The lowest BCUT2D eigenvalue weighted by molar-refractivity contribution is -0.144. The fourth-order valence-corrected chi connectivity index (χ4v) is 4.24. The summed E-state index contributed by atoms with van der Waals surface area (Å²) in [5.74, 6) is 1.02. The van der Waals surface area contributed by atoms with E-state index in [2.05, 4.69) is 11.8 Å². The molecule has 2 unspecified atom stereocenters. The zero-order valence-electron chi connectivity index (χ0n) is 19.7. The van der Waals surface area contributed by atoms with Gasteiger partial charge in [0.2, 0.25) is 0 Å². The highest BCUT2D eigenvalue weighted by molar-refractivity contribution is 5.69. The van der Waals surface area contributed by atoms with Crippen LogP contribution in [-0.4, -0.2) is 62.9 Å². The number of carbonyl (C=O) groups is 2. The van der Waals surface area contributed by atoms with E-state index in [1.54, 1.807) is 0 Å². The molecule has 1 aliphatic rings. The highest BCUT2D eigenvalue weighted by Gasteiger charge is 2.31. The second kappa shape index (κ2) is 17.5. The van der Waals surface area contributed by atoms with Gasteiger partial charge in [-0.05, 0) is 77.2 Å². The predicted octanol–water partition coefficient (Wildman–Crippen LogP) is 4.60. The molecule has 0 spiro atoms. The number of likely N-dealkylation sites (tertiary alicyclic amines) is 1. The Labute approximate surface area is 184 Å². The molecule has 0 aromatic heterocycles. The van der Waals surface area contributed by atoms with Crippen molar-refractivity contribution in [2.75, 3.05) is 46.1 Å². The summed E-state index contributed by atoms with van der Waals surface area (Å²) in [5, 5.41) is 0. The molecule has 0 aromatic rings. The summed E-state index contributed by atoms with van der Waals surface area (Å²) >= 11 is 0. The van der Waals surface area contributed by atoms with Crippen molar-refractivity contribution in [2.45, 2.75) is 85.0 Å². The third-order valence-corrected chi connectivity index (χ3v) is 5.83. The molecule has 0 bridgehead atoms. The van der Waals surface area contributed by atoms with E-state index in [4.69, 9.17) is 14.2 Å². The van der Waals surface area contributed by atoms with Crippen LogP contribution in [0.15, 0.2) is 0 Å². The molecule has 176 valence electrons. The van der Waals surface area contributed by atoms with Gasteiger partial charge in [0.05, 0.1) is 13.2 Å². The Bertz CT molecular complexity index is 425. The Balaban J connectivity index is 2.35. The SMILES string of the molecule is CCCCOCCCCN1CC(CCCC(=O)OCC)C(CCCC(=O)OCC)C1. The number of unbranched alkanes of at least 4 members (excludes halogenated alkanes) is 2. The lowest BCUT2D eigenvalue weighted by Gasteiger charge is -2.18. The number of nitrogens with zero attached hydrogens (tertiary/aromatic N) is 1. The van der Waals surface area contributed by atoms with Gasteiger partial charge in [0.1, 0.15) is 0 Å². The van der Waals surface area contributed by atoms with Crippen molar-refractivity contribution in [3.8, 4) is 0 Å². The largest absolute Gasteiger partial charge is 0.466 e. The molecule has 1 saturated heterocycles. The average molecular weight is 428 g/mol. The second-order valence-corrected chi connectivity index (χ2v) is 8.35. The molecule has 0 aliphatic carbocycles. The van der Waals surface area contributed by atoms with Crippen LogP contribution in [0.5, 0.6) is 0 Å². The van der Waals surface area contributed by atoms with Crippen LogP contribution < -0.4 is 0 Å². The van der Waals surface area contributed by atoms with Gasteiger partial charge in [-0.25, -0.2) is 0 Å². The van der Waals surface area contributed by atoms with Crippen LogP contribution >= 0.6 is 0 Å². The molecule has 1 aliphatic heterocycles. The summed E-state index contributed by atoms with van der Waals surface area (Å²) in [4.78, 5) is 25.9. The zero-order chi connectivity index (χ0) is 22.0. The van der Waals surface area contributed by atoms with Crippen LogP contribution in [0.4, 0.5) is 0 Å². The molecule has 0 radical (unpaired) electrons. The normalized spacial score (nSPS) is 19.2. The van der Waals surface area contributed by atoms with Crippen LogP contribution in [-0.2, 0) is 23.8 Å². The van der Waals surface area contributed by atoms with Gasteiger partial charge in [0.15, 0.2) is 0 Å².